The lowest BCUT2D eigenvalue weighted by atomic mass is 10.2. The van der Waals surface area contributed by atoms with Crippen molar-refractivity contribution in [1.29, 1.82) is 0 Å². The minimum Gasteiger partial charge on any atom is -0.618 e. The molecule has 0 saturated carbocycles. The maximum atomic E-state index is 11.4. The van der Waals surface area contributed by atoms with Crippen LogP contribution < -0.4 is 4.73 Å². The Balaban J connectivity index is 3.18. The van der Waals surface area contributed by atoms with E-state index in [1.54, 1.807) is 19.9 Å². The van der Waals surface area contributed by atoms with E-state index in [1.807, 2.05) is 0 Å². The van der Waals surface area contributed by atoms with E-state index in [1.165, 1.54) is 6.20 Å². The number of hydrogen-bond acceptors (Lipinski definition) is 3. The van der Waals surface area contributed by atoms with E-state index in [9.17, 15) is 10.0 Å². The fourth-order valence-electron chi connectivity index (χ4n) is 1.05. The van der Waals surface area contributed by atoms with Crippen molar-refractivity contribution in [2.24, 2.45) is 0 Å². The number of pyridine rings is 1. The minimum atomic E-state index is -0.484. The molecule has 0 aliphatic carbocycles. The largest absolute Gasteiger partial charge is 0.618 e. The zero-order valence-corrected chi connectivity index (χ0v) is 9.50. The van der Waals surface area contributed by atoms with Gasteiger partial charge in [-0.15, -0.1) is 0 Å². The van der Waals surface area contributed by atoms with Gasteiger partial charge in [0.1, 0.15) is 5.56 Å². The van der Waals surface area contributed by atoms with Gasteiger partial charge in [0.25, 0.3) is 4.60 Å². The molecule has 76 valence electrons. The molecule has 0 amide bonds. The summed E-state index contributed by atoms with van der Waals surface area (Å²) in [6.45, 7) is 3.75. The summed E-state index contributed by atoms with van der Waals surface area (Å²) in [5, 5.41) is 11.2. The molecule has 0 atom stereocenters. The summed E-state index contributed by atoms with van der Waals surface area (Å²) in [6, 6.07) is 1.57. The molecule has 1 heterocycles. The molecule has 0 N–H and O–H groups in total. The first kappa shape index (κ1) is 11.0. The number of hydrogen-bond donors (Lipinski definition) is 0. The first-order valence-corrected chi connectivity index (χ1v) is 4.92. The highest BCUT2D eigenvalue weighted by Gasteiger charge is 2.20. The van der Waals surface area contributed by atoms with E-state index in [-0.39, 0.29) is 10.2 Å². The molecule has 4 nitrogen and oxygen atoms in total. The van der Waals surface area contributed by atoms with E-state index in [2.05, 4.69) is 15.9 Å². The van der Waals surface area contributed by atoms with E-state index in [0.29, 0.717) is 16.9 Å². The van der Waals surface area contributed by atoms with Crippen molar-refractivity contribution in [1.82, 2.24) is 0 Å². The number of aromatic nitrogens is 1. The number of carbonyl (C=O) groups is 1. The summed E-state index contributed by atoms with van der Waals surface area (Å²) in [5.41, 5.74) is 0.992. The summed E-state index contributed by atoms with van der Waals surface area (Å²) in [6.07, 6.45) is 1.34. The lowest BCUT2D eigenvalue weighted by molar-refractivity contribution is -0.617. The van der Waals surface area contributed by atoms with E-state index in [0.717, 1.165) is 0 Å². The normalized spacial score (nSPS) is 9.93. The van der Waals surface area contributed by atoms with Crippen molar-refractivity contribution in [3.05, 3.63) is 33.2 Å². The number of halogens is 1. The molecule has 5 heteroatoms. The van der Waals surface area contributed by atoms with Crippen LogP contribution >= 0.6 is 15.9 Å². The Morgan fingerprint density at radius 1 is 1.71 bits per heavy atom. The zero-order valence-electron chi connectivity index (χ0n) is 7.91. The fourth-order valence-corrected chi connectivity index (χ4v) is 1.64. The highest BCUT2D eigenvalue weighted by atomic mass is 79.9. The molecule has 0 aliphatic rings. The van der Waals surface area contributed by atoms with Gasteiger partial charge in [-0.05, 0) is 19.4 Å². The number of carbonyl (C=O) groups excluding carboxylic acids is 1. The number of nitrogens with zero attached hydrogens (tertiary/aromatic N) is 1. The first-order chi connectivity index (χ1) is 6.57. The lowest BCUT2D eigenvalue weighted by Crippen LogP contribution is -2.30. The van der Waals surface area contributed by atoms with Crippen molar-refractivity contribution >= 4 is 21.9 Å². The average Bonchev–Trinajstić information content (AvgIpc) is 2.13. The van der Waals surface area contributed by atoms with Crippen LogP contribution in [0.4, 0.5) is 0 Å². The third kappa shape index (κ3) is 2.04. The molecule has 0 fully saturated rings. The van der Waals surface area contributed by atoms with E-state index >= 15 is 0 Å². The molecule has 1 aromatic rings. The first-order valence-electron chi connectivity index (χ1n) is 4.13. The van der Waals surface area contributed by atoms with E-state index in [4.69, 9.17) is 4.74 Å². The SMILES string of the molecule is CCOC(=O)c1c(C)cc[n+]([O-])c1Br. The molecule has 0 spiro atoms. The van der Waals surface area contributed by atoms with Crippen LogP contribution in [0.25, 0.3) is 0 Å². The molecule has 0 saturated heterocycles. The van der Waals surface area contributed by atoms with Crippen LogP contribution in [-0.4, -0.2) is 12.6 Å². The quantitative estimate of drug-likeness (QED) is 0.351. The predicted molar refractivity (Wildman–Crippen MR) is 53.8 cm³/mol. The summed E-state index contributed by atoms with van der Waals surface area (Å²) in [7, 11) is 0. The standard InChI is InChI=1S/C9H10BrNO3/c1-3-14-9(12)7-6(2)4-5-11(13)8(7)10/h4-5H,3H2,1-2H3. The third-order valence-electron chi connectivity index (χ3n) is 1.73. The Kier molecular flexibility index (Phi) is 3.46. The van der Waals surface area contributed by atoms with Gasteiger partial charge in [0, 0.05) is 22.0 Å². The van der Waals surface area contributed by atoms with Gasteiger partial charge >= 0.3 is 5.97 Å². The average molecular weight is 260 g/mol. The van der Waals surface area contributed by atoms with Gasteiger partial charge in [-0.25, -0.2) is 4.79 Å². The van der Waals surface area contributed by atoms with Gasteiger partial charge < -0.3 is 9.94 Å². The van der Waals surface area contributed by atoms with Crippen molar-refractivity contribution in [3.63, 3.8) is 0 Å². The van der Waals surface area contributed by atoms with Crippen molar-refractivity contribution in [3.8, 4) is 0 Å². The molecular weight excluding hydrogens is 250 g/mol. The van der Waals surface area contributed by atoms with Crippen LogP contribution in [0.5, 0.6) is 0 Å². The van der Waals surface area contributed by atoms with Crippen LogP contribution in [0.1, 0.15) is 22.8 Å². The molecule has 0 bridgehead atoms. The van der Waals surface area contributed by atoms with Gasteiger partial charge in [-0.1, -0.05) is 0 Å². The smallest absolute Gasteiger partial charge is 0.345 e. The Hall–Kier alpha value is -1.10. The van der Waals surface area contributed by atoms with Gasteiger partial charge in [0.05, 0.1) is 6.61 Å². The fraction of sp³-hybridized carbons (Fsp3) is 0.333. The Bertz CT molecular complexity index is 365. The molecule has 1 rings (SSSR count). The van der Waals surface area contributed by atoms with Crippen LogP contribution in [0, 0.1) is 12.1 Å². The van der Waals surface area contributed by atoms with Crippen molar-refractivity contribution in [2.75, 3.05) is 6.61 Å². The molecule has 1 aromatic heterocycles. The van der Waals surface area contributed by atoms with Gasteiger partial charge in [-0.3, -0.25) is 0 Å². The molecular formula is C9H10BrNO3. The van der Waals surface area contributed by atoms with Crippen molar-refractivity contribution in [2.45, 2.75) is 13.8 Å². The maximum Gasteiger partial charge on any atom is 0.345 e. The third-order valence-corrected chi connectivity index (χ3v) is 2.48. The lowest BCUT2D eigenvalue weighted by Gasteiger charge is -2.07. The molecule has 0 aliphatic heterocycles. The second-order valence-electron chi connectivity index (χ2n) is 2.71. The Morgan fingerprint density at radius 3 is 2.93 bits per heavy atom. The second-order valence-corrected chi connectivity index (χ2v) is 3.46. The molecule has 0 aromatic carbocycles. The van der Waals surface area contributed by atoms with Crippen LogP contribution in [0.15, 0.2) is 16.9 Å². The summed E-state index contributed by atoms with van der Waals surface area (Å²) >= 11 is 3.05. The maximum absolute atomic E-state index is 11.4. The topological polar surface area (TPSA) is 53.2 Å². The van der Waals surface area contributed by atoms with Crippen molar-refractivity contribution < 1.29 is 14.3 Å². The number of rotatable bonds is 2. The Labute approximate surface area is 90.2 Å². The number of aryl methyl sites for hydroxylation is 1. The van der Waals surface area contributed by atoms with Gasteiger partial charge in [-0.2, -0.15) is 4.73 Å². The summed E-state index contributed by atoms with van der Waals surface area (Å²) < 4.78 is 5.60. The molecule has 0 radical (unpaired) electrons. The monoisotopic (exact) mass is 259 g/mol. The summed E-state index contributed by atoms with van der Waals surface area (Å²) in [4.78, 5) is 11.4. The molecule has 14 heavy (non-hydrogen) atoms. The highest BCUT2D eigenvalue weighted by Crippen LogP contribution is 2.16. The second kappa shape index (κ2) is 4.41. The van der Waals surface area contributed by atoms with Crippen LogP contribution in [0.2, 0.25) is 0 Å². The number of ether oxygens (including phenoxy) is 1. The molecule has 0 unspecified atom stereocenters. The van der Waals surface area contributed by atoms with Gasteiger partial charge in [0.15, 0.2) is 6.20 Å². The number of esters is 1. The summed E-state index contributed by atoms with van der Waals surface area (Å²) in [5.74, 6) is -0.484. The zero-order chi connectivity index (χ0) is 10.7. The minimum absolute atomic E-state index is 0.191. The van der Waals surface area contributed by atoms with Gasteiger partial charge in [0.2, 0.25) is 0 Å². The van der Waals surface area contributed by atoms with E-state index < -0.39 is 5.97 Å². The predicted octanol–water partition coefficient (Wildman–Crippen LogP) is 1.57. The van der Waals surface area contributed by atoms with Crippen LogP contribution in [0.3, 0.4) is 0 Å². The Morgan fingerprint density at radius 2 is 2.36 bits per heavy atom. The highest BCUT2D eigenvalue weighted by molar-refractivity contribution is 9.10. The van der Waals surface area contributed by atoms with Crippen LogP contribution in [-0.2, 0) is 4.74 Å².